The highest BCUT2D eigenvalue weighted by molar-refractivity contribution is 6.29. The fourth-order valence-corrected chi connectivity index (χ4v) is 2.60. The summed E-state index contributed by atoms with van der Waals surface area (Å²) in [5.74, 6) is -0.934. The predicted octanol–water partition coefficient (Wildman–Crippen LogP) is 3.78. The molecular formula is C18H24ClFN2O4. The molecule has 0 radical (unpaired) electrons. The van der Waals surface area contributed by atoms with E-state index in [-0.39, 0.29) is 23.8 Å². The van der Waals surface area contributed by atoms with E-state index in [4.69, 9.17) is 21.1 Å². The number of amides is 2. The zero-order valence-corrected chi connectivity index (χ0v) is 15.9. The van der Waals surface area contributed by atoms with E-state index >= 15 is 0 Å². The van der Waals surface area contributed by atoms with Crippen LogP contribution in [0.2, 0.25) is 0 Å². The van der Waals surface area contributed by atoms with Crippen LogP contribution >= 0.6 is 11.6 Å². The molecule has 0 atom stereocenters. The Labute approximate surface area is 157 Å². The van der Waals surface area contributed by atoms with Crippen LogP contribution in [0.4, 0.5) is 14.9 Å². The van der Waals surface area contributed by atoms with Gasteiger partial charge in [-0.3, -0.25) is 4.79 Å². The second-order valence-electron chi connectivity index (χ2n) is 7.11. The van der Waals surface area contributed by atoms with Crippen LogP contribution in [0, 0.1) is 5.82 Å². The number of anilines is 1. The van der Waals surface area contributed by atoms with Gasteiger partial charge >= 0.3 is 6.09 Å². The lowest BCUT2D eigenvalue weighted by Gasteiger charge is -2.33. The molecular weight excluding hydrogens is 363 g/mol. The number of carbonyl (C=O) groups is 2. The molecule has 0 unspecified atom stereocenters. The van der Waals surface area contributed by atoms with Crippen LogP contribution in [0.15, 0.2) is 18.2 Å². The Morgan fingerprint density at radius 2 is 1.96 bits per heavy atom. The molecule has 1 aliphatic rings. The molecule has 0 spiro atoms. The molecule has 0 aliphatic carbocycles. The Bertz CT molecular complexity index is 655. The summed E-state index contributed by atoms with van der Waals surface area (Å²) in [5, 5.41) is 2.37. The normalized spacial score (nSPS) is 15.5. The molecule has 0 saturated carbocycles. The number of nitrogens with one attached hydrogen (secondary N) is 1. The Hall–Kier alpha value is -2.02. The number of nitrogens with zero attached hydrogens (tertiary/aromatic N) is 1. The average Bonchev–Trinajstić information content (AvgIpc) is 2.56. The zero-order valence-electron chi connectivity index (χ0n) is 15.2. The van der Waals surface area contributed by atoms with Gasteiger partial charge in [0.05, 0.1) is 5.69 Å². The number of piperidine rings is 1. The molecule has 1 N–H and O–H groups in total. The van der Waals surface area contributed by atoms with Crippen molar-refractivity contribution in [1.82, 2.24) is 4.90 Å². The molecule has 144 valence electrons. The van der Waals surface area contributed by atoms with Gasteiger partial charge in [-0.25, -0.2) is 9.18 Å². The minimum atomic E-state index is -0.591. The van der Waals surface area contributed by atoms with E-state index < -0.39 is 17.3 Å². The van der Waals surface area contributed by atoms with Crippen molar-refractivity contribution in [2.45, 2.75) is 45.3 Å². The summed E-state index contributed by atoms with van der Waals surface area (Å²) in [7, 11) is 0. The topological polar surface area (TPSA) is 67.9 Å². The number of benzene rings is 1. The Morgan fingerprint density at radius 1 is 1.31 bits per heavy atom. The number of ether oxygens (including phenoxy) is 2. The maximum atomic E-state index is 14.0. The van der Waals surface area contributed by atoms with Gasteiger partial charge in [0, 0.05) is 32.0 Å². The van der Waals surface area contributed by atoms with Crippen molar-refractivity contribution >= 4 is 29.3 Å². The van der Waals surface area contributed by atoms with Crippen molar-refractivity contribution in [3.63, 3.8) is 0 Å². The average molecular weight is 387 g/mol. The molecule has 6 nitrogen and oxygen atoms in total. The molecule has 1 aliphatic heterocycles. The van der Waals surface area contributed by atoms with Crippen LogP contribution in [0.5, 0.6) is 5.75 Å². The van der Waals surface area contributed by atoms with Crippen LogP contribution in [0.1, 0.15) is 33.6 Å². The summed E-state index contributed by atoms with van der Waals surface area (Å²) in [6.07, 6.45) is 0.815. The Balaban J connectivity index is 1.86. The number of likely N-dealkylation sites (tertiary alicyclic amines) is 1. The predicted molar refractivity (Wildman–Crippen MR) is 97.2 cm³/mol. The third kappa shape index (κ3) is 6.05. The maximum Gasteiger partial charge on any atom is 0.410 e. The molecule has 8 heteroatoms. The quantitative estimate of drug-likeness (QED) is 0.799. The summed E-state index contributed by atoms with van der Waals surface area (Å²) >= 11 is 5.39. The van der Waals surface area contributed by atoms with E-state index in [9.17, 15) is 14.0 Å². The first-order valence-corrected chi connectivity index (χ1v) is 9.01. The lowest BCUT2D eigenvalue weighted by molar-refractivity contribution is -0.113. The van der Waals surface area contributed by atoms with Gasteiger partial charge in [0.15, 0.2) is 0 Å². The Morgan fingerprint density at radius 3 is 2.50 bits per heavy atom. The van der Waals surface area contributed by atoms with Gasteiger partial charge in [-0.15, -0.1) is 11.6 Å². The third-order valence-electron chi connectivity index (χ3n) is 3.73. The molecule has 1 saturated heterocycles. The summed E-state index contributed by atoms with van der Waals surface area (Å²) < 4.78 is 25.2. The summed E-state index contributed by atoms with van der Waals surface area (Å²) in [4.78, 5) is 24.9. The van der Waals surface area contributed by atoms with E-state index in [0.717, 1.165) is 0 Å². The van der Waals surface area contributed by atoms with Crippen molar-refractivity contribution in [3.05, 3.63) is 24.0 Å². The first-order valence-electron chi connectivity index (χ1n) is 8.48. The number of alkyl halides is 1. The molecule has 1 heterocycles. The molecule has 1 aromatic carbocycles. The number of rotatable bonds is 4. The molecule has 0 aromatic heterocycles. The van der Waals surface area contributed by atoms with E-state index in [1.165, 1.54) is 12.1 Å². The second kappa shape index (κ2) is 8.58. The van der Waals surface area contributed by atoms with Gasteiger partial charge in [-0.1, -0.05) is 0 Å². The number of hydrogen-bond donors (Lipinski definition) is 1. The van der Waals surface area contributed by atoms with Gasteiger partial charge < -0.3 is 19.7 Å². The van der Waals surface area contributed by atoms with Gasteiger partial charge in [0.1, 0.15) is 29.2 Å². The SMILES string of the molecule is CC(C)(C)OC(=O)N1CCC(Oc2ccc(NC(=O)CCl)c(F)c2)CC1. The molecule has 2 amide bonds. The Kier molecular flexibility index (Phi) is 6.69. The lowest BCUT2D eigenvalue weighted by Crippen LogP contribution is -2.44. The van der Waals surface area contributed by atoms with Crippen LogP contribution in [-0.4, -0.2) is 47.6 Å². The van der Waals surface area contributed by atoms with Gasteiger partial charge in [0.2, 0.25) is 5.91 Å². The number of carbonyl (C=O) groups excluding carboxylic acids is 2. The van der Waals surface area contributed by atoms with Gasteiger partial charge in [-0.2, -0.15) is 0 Å². The van der Waals surface area contributed by atoms with Crippen LogP contribution in [0.3, 0.4) is 0 Å². The van der Waals surface area contributed by atoms with Crippen molar-refractivity contribution in [3.8, 4) is 5.75 Å². The fourth-order valence-electron chi connectivity index (χ4n) is 2.53. The van der Waals surface area contributed by atoms with Gasteiger partial charge in [-0.05, 0) is 32.9 Å². The first kappa shape index (κ1) is 20.3. The zero-order chi connectivity index (χ0) is 19.3. The van der Waals surface area contributed by atoms with E-state index in [1.54, 1.807) is 11.0 Å². The fraction of sp³-hybridized carbons (Fsp3) is 0.556. The van der Waals surface area contributed by atoms with E-state index in [1.807, 2.05) is 20.8 Å². The summed E-state index contributed by atoms with van der Waals surface area (Å²) in [5.41, 5.74) is -0.467. The largest absolute Gasteiger partial charge is 0.490 e. The molecule has 1 aromatic rings. The second-order valence-corrected chi connectivity index (χ2v) is 7.38. The van der Waals surface area contributed by atoms with Crippen LogP contribution in [0.25, 0.3) is 0 Å². The molecule has 0 bridgehead atoms. The van der Waals surface area contributed by atoms with Crippen molar-refractivity contribution in [2.75, 3.05) is 24.3 Å². The van der Waals surface area contributed by atoms with Crippen molar-refractivity contribution in [1.29, 1.82) is 0 Å². The smallest absolute Gasteiger partial charge is 0.410 e. The first-order chi connectivity index (χ1) is 12.2. The minimum Gasteiger partial charge on any atom is -0.490 e. The van der Waals surface area contributed by atoms with E-state index in [2.05, 4.69) is 5.32 Å². The van der Waals surface area contributed by atoms with Crippen molar-refractivity contribution < 1.29 is 23.5 Å². The monoisotopic (exact) mass is 386 g/mol. The third-order valence-corrected chi connectivity index (χ3v) is 3.98. The van der Waals surface area contributed by atoms with Crippen molar-refractivity contribution in [2.24, 2.45) is 0 Å². The molecule has 2 rings (SSSR count). The summed E-state index contributed by atoms with van der Waals surface area (Å²) in [6, 6.07) is 4.25. The molecule has 1 fully saturated rings. The maximum absolute atomic E-state index is 14.0. The highest BCUT2D eigenvalue weighted by atomic mass is 35.5. The minimum absolute atomic E-state index is 0.0581. The number of hydrogen-bond acceptors (Lipinski definition) is 4. The van der Waals surface area contributed by atoms with Crippen LogP contribution < -0.4 is 10.1 Å². The number of halogens is 2. The van der Waals surface area contributed by atoms with Gasteiger partial charge in [0.25, 0.3) is 0 Å². The summed E-state index contributed by atoms with van der Waals surface area (Å²) in [6.45, 7) is 6.52. The molecule has 26 heavy (non-hydrogen) atoms. The standard InChI is InChI=1S/C18H24ClFN2O4/c1-18(2,3)26-17(24)22-8-6-12(7-9-22)25-13-4-5-15(14(20)10-13)21-16(23)11-19/h4-5,10,12H,6-9,11H2,1-3H3,(H,21,23). The van der Waals surface area contributed by atoms with Crippen LogP contribution in [-0.2, 0) is 9.53 Å². The highest BCUT2D eigenvalue weighted by Gasteiger charge is 2.27. The lowest BCUT2D eigenvalue weighted by atomic mass is 10.1. The van der Waals surface area contributed by atoms with E-state index in [0.29, 0.717) is 31.7 Å². The highest BCUT2D eigenvalue weighted by Crippen LogP contribution is 2.24.